The summed E-state index contributed by atoms with van der Waals surface area (Å²) in [5, 5.41) is 0. The van der Waals surface area contributed by atoms with Gasteiger partial charge in [0.25, 0.3) is 0 Å². The van der Waals surface area contributed by atoms with Gasteiger partial charge in [-0.1, -0.05) is 49.4 Å². The van der Waals surface area contributed by atoms with Crippen LogP contribution >= 0.6 is 0 Å². The van der Waals surface area contributed by atoms with Crippen LogP contribution in [0.4, 0.5) is 0 Å². The molecular weight excluding hydrogens is 244 g/mol. The highest BCUT2D eigenvalue weighted by Crippen LogP contribution is 2.25. The molecule has 2 aromatic carbocycles. The molecule has 1 nitrogen and oxygen atoms in total. The summed E-state index contributed by atoms with van der Waals surface area (Å²) in [6.45, 7) is 6.41. The second-order valence-corrected chi connectivity index (χ2v) is 5.66. The van der Waals surface area contributed by atoms with Gasteiger partial charge in [-0.05, 0) is 55.9 Å². The van der Waals surface area contributed by atoms with Gasteiger partial charge in [0, 0.05) is 0 Å². The topological polar surface area (TPSA) is 9.23 Å². The fourth-order valence-corrected chi connectivity index (χ4v) is 2.36. The van der Waals surface area contributed by atoms with Crippen molar-refractivity contribution in [2.24, 2.45) is 0 Å². The quantitative estimate of drug-likeness (QED) is 0.698. The lowest BCUT2D eigenvalue weighted by Crippen LogP contribution is -2.06. The SMILES string of the molecule is CC(C)Oc1cccc(C(C)CCc2ccccc2)c1. The van der Waals surface area contributed by atoms with E-state index in [2.05, 4.69) is 69.3 Å². The van der Waals surface area contributed by atoms with Crippen LogP contribution in [0.25, 0.3) is 0 Å². The van der Waals surface area contributed by atoms with E-state index in [9.17, 15) is 0 Å². The summed E-state index contributed by atoms with van der Waals surface area (Å²) in [5.74, 6) is 1.52. The van der Waals surface area contributed by atoms with Crippen LogP contribution in [0, 0.1) is 0 Å². The Morgan fingerprint density at radius 3 is 2.35 bits per heavy atom. The Morgan fingerprint density at radius 2 is 1.65 bits per heavy atom. The molecule has 2 aromatic rings. The van der Waals surface area contributed by atoms with Crippen molar-refractivity contribution in [3.05, 3.63) is 65.7 Å². The van der Waals surface area contributed by atoms with Crippen LogP contribution in [0.5, 0.6) is 5.75 Å². The molecule has 1 atom stereocenters. The fourth-order valence-electron chi connectivity index (χ4n) is 2.36. The summed E-state index contributed by atoms with van der Waals surface area (Å²) >= 11 is 0. The van der Waals surface area contributed by atoms with Crippen LogP contribution in [0.3, 0.4) is 0 Å². The summed E-state index contributed by atoms with van der Waals surface area (Å²) in [5.41, 5.74) is 2.77. The van der Waals surface area contributed by atoms with Crippen LogP contribution in [0.1, 0.15) is 44.2 Å². The highest BCUT2D eigenvalue weighted by molar-refractivity contribution is 5.31. The predicted molar refractivity (Wildman–Crippen MR) is 85.4 cm³/mol. The van der Waals surface area contributed by atoms with E-state index in [1.54, 1.807) is 0 Å². The predicted octanol–water partition coefficient (Wildman–Crippen LogP) is 5.21. The van der Waals surface area contributed by atoms with Crippen molar-refractivity contribution < 1.29 is 4.74 Å². The third-order valence-corrected chi connectivity index (χ3v) is 3.51. The van der Waals surface area contributed by atoms with E-state index in [1.807, 2.05) is 6.07 Å². The Balaban J connectivity index is 1.96. The summed E-state index contributed by atoms with van der Waals surface area (Å²) in [6, 6.07) is 19.2. The van der Waals surface area contributed by atoms with Crippen LogP contribution < -0.4 is 4.74 Å². The molecule has 1 unspecified atom stereocenters. The smallest absolute Gasteiger partial charge is 0.119 e. The molecule has 0 aliphatic rings. The first-order valence-electron chi connectivity index (χ1n) is 7.45. The number of rotatable bonds is 6. The van der Waals surface area contributed by atoms with Gasteiger partial charge in [-0.25, -0.2) is 0 Å². The van der Waals surface area contributed by atoms with Gasteiger partial charge in [-0.2, -0.15) is 0 Å². The number of aryl methyl sites for hydroxylation is 1. The van der Waals surface area contributed by atoms with E-state index in [0.29, 0.717) is 5.92 Å². The zero-order chi connectivity index (χ0) is 14.4. The molecule has 20 heavy (non-hydrogen) atoms. The summed E-state index contributed by atoms with van der Waals surface area (Å²) < 4.78 is 5.77. The number of ether oxygens (including phenoxy) is 1. The van der Waals surface area contributed by atoms with Crippen LogP contribution in [-0.4, -0.2) is 6.10 Å². The molecule has 0 bridgehead atoms. The first kappa shape index (κ1) is 14.6. The number of hydrogen-bond acceptors (Lipinski definition) is 1. The van der Waals surface area contributed by atoms with E-state index < -0.39 is 0 Å². The summed E-state index contributed by atoms with van der Waals surface area (Å²) in [6.07, 6.45) is 2.51. The maximum absolute atomic E-state index is 5.77. The highest BCUT2D eigenvalue weighted by atomic mass is 16.5. The molecule has 0 aliphatic carbocycles. The van der Waals surface area contributed by atoms with E-state index >= 15 is 0 Å². The highest BCUT2D eigenvalue weighted by Gasteiger charge is 2.07. The molecule has 0 aliphatic heterocycles. The van der Waals surface area contributed by atoms with E-state index in [0.717, 1.165) is 18.6 Å². The van der Waals surface area contributed by atoms with Crippen molar-refractivity contribution in [3.63, 3.8) is 0 Å². The molecule has 0 heterocycles. The second-order valence-electron chi connectivity index (χ2n) is 5.66. The first-order valence-corrected chi connectivity index (χ1v) is 7.45. The molecule has 2 rings (SSSR count). The Bertz CT molecular complexity index is 516. The lowest BCUT2D eigenvalue weighted by Gasteiger charge is -2.15. The van der Waals surface area contributed by atoms with Crippen LogP contribution in [0.2, 0.25) is 0 Å². The van der Waals surface area contributed by atoms with Crippen molar-refractivity contribution >= 4 is 0 Å². The van der Waals surface area contributed by atoms with Crippen molar-refractivity contribution in [2.45, 2.75) is 45.6 Å². The third kappa shape index (κ3) is 4.41. The van der Waals surface area contributed by atoms with Gasteiger partial charge in [0.2, 0.25) is 0 Å². The zero-order valence-corrected chi connectivity index (χ0v) is 12.7. The first-order chi connectivity index (χ1) is 9.65. The molecule has 0 aromatic heterocycles. The molecule has 0 saturated heterocycles. The lowest BCUT2D eigenvalue weighted by atomic mass is 9.94. The lowest BCUT2D eigenvalue weighted by molar-refractivity contribution is 0.242. The molecule has 106 valence electrons. The number of hydrogen-bond donors (Lipinski definition) is 0. The molecule has 0 fully saturated rings. The molecule has 0 amide bonds. The Kier molecular flexibility index (Phi) is 5.23. The minimum Gasteiger partial charge on any atom is -0.491 e. The normalized spacial score (nSPS) is 12.4. The van der Waals surface area contributed by atoms with Gasteiger partial charge in [0.1, 0.15) is 5.75 Å². The van der Waals surface area contributed by atoms with E-state index in [-0.39, 0.29) is 6.10 Å². The average Bonchev–Trinajstić information content (AvgIpc) is 2.45. The molecular formula is C19H24O. The van der Waals surface area contributed by atoms with Crippen molar-refractivity contribution in [2.75, 3.05) is 0 Å². The molecule has 0 radical (unpaired) electrons. The summed E-state index contributed by atoms with van der Waals surface area (Å²) in [4.78, 5) is 0. The zero-order valence-electron chi connectivity index (χ0n) is 12.7. The van der Waals surface area contributed by atoms with Crippen LogP contribution in [-0.2, 0) is 6.42 Å². The maximum Gasteiger partial charge on any atom is 0.119 e. The van der Waals surface area contributed by atoms with E-state index in [4.69, 9.17) is 4.74 Å². The number of benzene rings is 2. The van der Waals surface area contributed by atoms with Gasteiger partial charge in [-0.3, -0.25) is 0 Å². The monoisotopic (exact) mass is 268 g/mol. The Hall–Kier alpha value is -1.76. The van der Waals surface area contributed by atoms with Crippen LogP contribution in [0.15, 0.2) is 54.6 Å². The second kappa shape index (κ2) is 7.14. The minimum atomic E-state index is 0.227. The van der Waals surface area contributed by atoms with Crippen molar-refractivity contribution in [3.8, 4) is 5.75 Å². The third-order valence-electron chi connectivity index (χ3n) is 3.51. The molecule has 0 saturated carbocycles. The van der Waals surface area contributed by atoms with E-state index in [1.165, 1.54) is 11.1 Å². The summed E-state index contributed by atoms with van der Waals surface area (Å²) in [7, 11) is 0. The minimum absolute atomic E-state index is 0.227. The molecule has 0 N–H and O–H groups in total. The van der Waals surface area contributed by atoms with Crippen molar-refractivity contribution in [1.29, 1.82) is 0 Å². The average molecular weight is 268 g/mol. The fraction of sp³-hybridized carbons (Fsp3) is 0.368. The Labute approximate surface area is 122 Å². The largest absolute Gasteiger partial charge is 0.491 e. The Morgan fingerprint density at radius 1 is 0.900 bits per heavy atom. The van der Waals surface area contributed by atoms with Gasteiger partial charge < -0.3 is 4.74 Å². The van der Waals surface area contributed by atoms with Gasteiger partial charge in [0.05, 0.1) is 6.10 Å². The standard InChI is InChI=1S/C19H24O/c1-15(2)20-19-11-7-10-18(14-19)16(3)12-13-17-8-5-4-6-9-17/h4-11,14-16H,12-13H2,1-3H3. The van der Waals surface area contributed by atoms with Gasteiger partial charge in [0.15, 0.2) is 0 Å². The van der Waals surface area contributed by atoms with Crippen molar-refractivity contribution in [1.82, 2.24) is 0 Å². The maximum atomic E-state index is 5.77. The molecule has 0 spiro atoms. The van der Waals surface area contributed by atoms with Gasteiger partial charge >= 0.3 is 0 Å². The van der Waals surface area contributed by atoms with Gasteiger partial charge in [-0.15, -0.1) is 0 Å². The molecule has 1 heteroatoms.